The lowest BCUT2D eigenvalue weighted by molar-refractivity contribution is 0.0269. The van der Waals surface area contributed by atoms with Gasteiger partial charge in [-0.05, 0) is 37.1 Å². The van der Waals surface area contributed by atoms with Gasteiger partial charge < -0.3 is 14.8 Å². The molecule has 0 bridgehead atoms. The summed E-state index contributed by atoms with van der Waals surface area (Å²) in [5, 5.41) is 3.17. The topological polar surface area (TPSA) is 47.6 Å². The number of morpholine rings is 1. The van der Waals surface area contributed by atoms with Crippen molar-refractivity contribution in [1.82, 2.24) is 5.32 Å². The number of hydrogen-bond acceptors (Lipinski definition) is 4. The molecule has 0 radical (unpaired) electrons. The summed E-state index contributed by atoms with van der Waals surface area (Å²) in [5.41, 5.74) is 2.65. The van der Waals surface area contributed by atoms with Crippen molar-refractivity contribution in [3.63, 3.8) is 0 Å². The van der Waals surface area contributed by atoms with E-state index in [0.717, 1.165) is 23.4 Å². The minimum Gasteiger partial charge on any atom is -0.496 e. The number of Topliss-reactive ketones (excluding diaryl/α,β-unsaturated/α-hetero) is 1. The fourth-order valence-corrected chi connectivity index (χ4v) is 2.33. The average molecular weight is 249 g/mol. The van der Waals surface area contributed by atoms with E-state index in [1.54, 1.807) is 7.11 Å². The van der Waals surface area contributed by atoms with Crippen LogP contribution in [0.3, 0.4) is 0 Å². The second kappa shape index (κ2) is 5.50. The molecule has 1 fully saturated rings. The molecule has 1 N–H and O–H groups in total. The number of nitrogens with one attached hydrogen (secondary N) is 1. The predicted octanol–water partition coefficient (Wildman–Crippen LogP) is 1.48. The Labute approximate surface area is 107 Å². The molecule has 4 nitrogen and oxygen atoms in total. The van der Waals surface area contributed by atoms with E-state index in [4.69, 9.17) is 9.47 Å². The molecule has 1 heterocycles. The van der Waals surface area contributed by atoms with Crippen LogP contribution in [0.5, 0.6) is 5.75 Å². The summed E-state index contributed by atoms with van der Waals surface area (Å²) in [6, 6.07) is 3.73. The third-order valence-corrected chi connectivity index (χ3v) is 3.17. The van der Waals surface area contributed by atoms with Gasteiger partial charge >= 0.3 is 0 Å². The molecule has 1 aliphatic heterocycles. The Bertz CT molecular complexity index is 427. The van der Waals surface area contributed by atoms with Crippen LogP contribution < -0.4 is 10.1 Å². The molecule has 1 saturated heterocycles. The van der Waals surface area contributed by atoms with Crippen LogP contribution in [-0.2, 0) is 4.74 Å². The second-order valence-electron chi connectivity index (χ2n) is 4.57. The van der Waals surface area contributed by atoms with Crippen molar-refractivity contribution in [3.05, 3.63) is 28.8 Å². The Hall–Kier alpha value is -1.39. The van der Waals surface area contributed by atoms with Gasteiger partial charge in [-0.3, -0.25) is 4.79 Å². The number of hydrogen-bond donors (Lipinski definition) is 1. The molecule has 1 unspecified atom stereocenters. The number of carbonyl (C=O) groups is 1. The summed E-state index contributed by atoms with van der Waals surface area (Å²) in [4.78, 5) is 12.3. The molecule has 0 saturated carbocycles. The molecule has 0 spiro atoms. The quantitative estimate of drug-likeness (QED) is 0.824. The predicted molar refractivity (Wildman–Crippen MR) is 69.4 cm³/mol. The highest BCUT2D eigenvalue weighted by Crippen LogP contribution is 2.25. The van der Waals surface area contributed by atoms with Crippen LogP contribution >= 0.6 is 0 Å². The first-order valence-electron chi connectivity index (χ1n) is 6.15. The Balaban J connectivity index is 2.25. The first-order chi connectivity index (χ1) is 8.63. The number of ether oxygens (including phenoxy) is 2. The minimum atomic E-state index is -0.369. The maximum Gasteiger partial charge on any atom is 0.192 e. The van der Waals surface area contributed by atoms with Gasteiger partial charge in [-0.25, -0.2) is 0 Å². The average Bonchev–Trinajstić information content (AvgIpc) is 2.38. The van der Waals surface area contributed by atoms with E-state index in [2.05, 4.69) is 5.32 Å². The SMILES string of the molecule is COc1c(C)cc(C(=O)C2CNCCO2)cc1C. The van der Waals surface area contributed by atoms with Crippen LogP contribution in [0.4, 0.5) is 0 Å². The van der Waals surface area contributed by atoms with E-state index in [9.17, 15) is 4.79 Å². The van der Waals surface area contributed by atoms with Crippen LogP contribution in [-0.4, -0.2) is 38.7 Å². The standard InChI is InChI=1S/C14H19NO3/c1-9-6-11(7-10(2)14(9)17-3)13(16)12-8-15-4-5-18-12/h6-7,12,15H,4-5,8H2,1-3H3. The Morgan fingerprint density at radius 1 is 1.39 bits per heavy atom. The summed E-state index contributed by atoms with van der Waals surface area (Å²) in [6.45, 7) is 5.88. The highest BCUT2D eigenvalue weighted by atomic mass is 16.5. The molecule has 0 aromatic heterocycles. The van der Waals surface area contributed by atoms with E-state index < -0.39 is 0 Å². The third kappa shape index (κ3) is 2.54. The van der Waals surface area contributed by atoms with Gasteiger partial charge in [0.15, 0.2) is 5.78 Å². The van der Waals surface area contributed by atoms with E-state index in [1.807, 2.05) is 26.0 Å². The van der Waals surface area contributed by atoms with Gasteiger partial charge in [0.2, 0.25) is 0 Å². The molecule has 4 heteroatoms. The molecule has 98 valence electrons. The molecule has 18 heavy (non-hydrogen) atoms. The van der Waals surface area contributed by atoms with Gasteiger partial charge in [0.05, 0.1) is 13.7 Å². The van der Waals surface area contributed by atoms with Crippen molar-refractivity contribution in [3.8, 4) is 5.75 Å². The maximum absolute atomic E-state index is 12.3. The summed E-state index contributed by atoms with van der Waals surface area (Å²) < 4.78 is 10.8. The number of rotatable bonds is 3. The zero-order chi connectivity index (χ0) is 13.1. The van der Waals surface area contributed by atoms with Crippen molar-refractivity contribution in [2.45, 2.75) is 20.0 Å². The van der Waals surface area contributed by atoms with Crippen LogP contribution in [0, 0.1) is 13.8 Å². The lowest BCUT2D eigenvalue weighted by atomic mass is 9.99. The molecule has 1 atom stereocenters. The van der Waals surface area contributed by atoms with Crippen LogP contribution in [0.1, 0.15) is 21.5 Å². The third-order valence-electron chi connectivity index (χ3n) is 3.17. The first-order valence-corrected chi connectivity index (χ1v) is 6.15. The molecule has 2 rings (SSSR count). The highest BCUT2D eigenvalue weighted by Gasteiger charge is 2.24. The van der Waals surface area contributed by atoms with Crippen molar-refractivity contribution in [2.24, 2.45) is 0 Å². The van der Waals surface area contributed by atoms with Crippen molar-refractivity contribution in [2.75, 3.05) is 26.8 Å². The van der Waals surface area contributed by atoms with Crippen LogP contribution in [0.2, 0.25) is 0 Å². The van der Waals surface area contributed by atoms with Gasteiger partial charge in [-0.2, -0.15) is 0 Å². The largest absolute Gasteiger partial charge is 0.496 e. The second-order valence-corrected chi connectivity index (χ2v) is 4.57. The molecular formula is C14H19NO3. The molecule has 0 amide bonds. The molecular weight excluding hydrogens is 230 g/mol. The number of ketones is 1. The molecule has 1 aromatic carbocycles. The van der Waals surface area contributed by atoms with E-state index >= 15 is 0 Å². The maximum atomic E-state index is 12.3. The number of aryl methyl sites for hydroxylation is 2. The number of methoxy groups -OCH3 is 1. The molecule has 1 aliphatic rings. The molecule has 1 aromatic rings. The lowest BCUT2D eigenvalue weighted by Gasteiger charge is -2.23. The van der Waals surface area contributed by atoms with Gasteiger partial charge in [-0.1, -0.05) is 0 Å². The van der Waals surface area contributed by atoms with Gasteiger partial charge in [-0.15, -0.1) is 0 Å². The first kappa shape index (κ1) is 13.1. The van der Waals surface area contributed by atoms with Gasteiger partial charge in [0, 0.05) is 18.7 Å². The monoisotopic (exact) mass is 249 g/mol. The summed E-state index contributed by atoms with van der Waals surface area (Å²) in [6.07, 6.45) is -0.369. The number of benzene rings is 1. The fourth-order valence-electron chi connectivity index (χ4n) is 2.33. The van der Waals surface area contributed by atoms with Crippen LogP contribution in [0.15, 0.2) is 12.1 Å². The smallest absolute Gasteiger partial charge is 0.192 e. The fraction of sp³-hybridized carbons (Fsp3) is 0.500. The zero-order valence-corrected chi connectivity index (χ0v) is 11.1. The van der Waals surface area contributed by atoms with Crippen molar-refractivity contribution >= 4 is 5.78 Å². The van der Waals surface area contributed by atoms with E-state index in [1.165, 1.54) is 0 Å². The normalized spacial score (nSPS) is 19.6. The Kier molecular flexibility index (Phi) is 3.99. The summed E-state index contributed by atoms with van der Waals surface area (Å²) in [5.74, 6) is 0.880. The number of carbonyl (C=O) groups excluding carboxylic acids is 1. The van der Waals surface area contributed by atoms with Crippen molar-refractivity contribution < 1.29 is 14.3 Å². The minimum absolute atomic E-state index is 0.0380. The van der Waals surface area contributed by atoms with Gasteiger partial charge in [0.1, 0.15) is 11.9 Å². The summed E-state index contributed by atoms with van der Waals surface area (Å²) >= 11 is 0. The highest BCUT2D eigenvalue weighted by molar-refractivity contribution is 6.00. The van der Waals surface area contributed by atoms with Crippen LogP contribution in [0.25, 0.3) is 0 Å². The Morgan fingerprint density at radius 2 is 2.06 bits per heavy atom. The molecule has 0 aliphatic carbocycles. The lowest BCUT2D eigenvalue weighted by Crippen LogP contribution is -2.43. The zero-order valence-electron chi connectivity index (χ0n) is 11.1. The van der Waals surface area contributed by atoms with Gasteiger partial charge in [0.25, 0.3) is 0 Å². The Morgan fingerprint density at radius 3 is 2.56 bits per heavy atom. The van der Waals surface area contributed by atoms with E-state index in [-0.39, 0.29) is 11.9 Å². The summed E-state index contributed by atoms with van der Waals surface area (Å²) in [7, 11) is 1.64. The van der Waals surface area contributed by atoms with Crippen molar-refractivity contribution in [1.29, 1.82) is 0 Å². The van der Waals surface area contributed by atoms with E-state index in [0.29, 0.717) is 18.7 Å².